The molecule has 0 aliphatic carbocycles. The van der Waals surface area contributed by atoms with Gasteiger partial charge in [0.05, 0.1) is 12.1 Å². The van der Waals surface area contributed by atoms with Crippen molar-refractivity contribution in [1.29, 1.82) is 0 Å². The van der Waals surface area contributed by atoms with Gasteiger partial charge in [0.2, 0.25) is 0 Å². The zero-order valence-corrected chi connectivity index (χ0v) is 12.8. The van der Waals surface area contributed by atoms with Crippen molar-refractivity contribution >= 4 is 5.91 Å². The Balaban J connectivity index is 2.11. The van der Waals surface area contributed by atoms with Crippen LogP contribution in [0.1, 0.15) is 34.3 Å². The number of carbonyl (C=O) groups excluding carboxylic acids is 1. The van der Waals surface area contributed by atoms with Crippen LogP contribution in [0.2, 0.25) is 0 Å². The summed E-state index contributed by atoms with van der Waals surface area (Å²) in [4.78, 5) is 14.8. The molecular weight excluding hydrogens is 262 g/mol. The van der Waals surface area contributed by atoms with Crippen LogP contribution in [0.4, 0.5) is 0 Å². The molecule has 1 fully saturated rings. The second kappa shape index (κ2) is 7.26. The third-order valence-electron chi connectivity index (χ3n) is 3.80. The molecular formula is C17H23N3O. The van der Waals surface area contributed by atoms with E-state index >= 15 is 0 Å². The molecule has 0 bridgehead atoms. The second-order valence-electron chi connectivity index (χ2n) is 5.61. The standard InChI is InChI=1S/C17H23N3O/c1-13-5-6-16(14(12-13)4-3-9-18)17(21)19-15-7-10-20(2)11-8-15/h5-6,12,15H,7-11,18H2,1-2H3,(H,19,21). The summed E-state index contributed by atoms with van der Waals surface area (Å²) in [5.74, 6) is 5.79. The summed E-state index contributed by atoms with van der Waals surface area (Å²) < 4.78 is 0. The maximum atomic E-state index is 12.5. The zero-order valence-electron chi connectivity index (χ0n) is 12.8. The molecule has 0 unspecified atom stereocenters. The molecule has 3 N–H and O–H groups in total. The Labute approximate surface area is 126 Å². The predicted molar refractivity (Wildman–Crippen MR) is 85.1 cm³/mol. The molecule has 1 aromatic carbocycles. The van der Waals surface area contributed by atoms with E-state index in [-0.39, 0.29) is 11.9 Å². The average Bonchev–Trinajstić information content (AvgIpc) is 2.47. The number of piperidine rings is 1. The van der Waals surface area contributed by atoms with E-state index in [0.29, 0.717) is 12.1 Å². The van der Waals surface area contributed by atoms with Crippen LogP contribution in [0.25, 0.3) is 0 Å². The Bertz CT molecular complexity index is 563. The van der Waals surface area contributed by atoms with Gasteiger partial charge in [-0.3, -0.25) is 4.79 Å². The van der Waals surface area contributed by atoms with Gasteiger partial charge in [-0.15, -0.1) is 0 Å². The van der Waals surface area contributed by atoms with Crippen molar-refractivity contribution in [2.75, 3.05) is 26.7 Å². The molecule has 0 atom stereocenters. The molecule has 1 aliphatic rings. The highest BCUT2D eigenvalue weighted by Gasteiger charge is 2.20. The number of amides is 1. The third kappa shape index (κ3) is 4.32. The lowest BCUT2D eigenvalue weighted by molar-refractivity contribution is 0.0916. The zero-order chi connectivity index (χ0) is 15.2. The van der Waals surface area contributed by atoms with Crippen molar-refractivity contribution in [2.24, 2.45) is 5.73 Å². The maximum absolute atomic E-state index is 12.5. The first-order valence-corrected chi connectivity index (χ1v) is 7.39. The van der Waals surface area contributed by atoms with E-state index in [4.69, 9.17) is 5.73 Å². The number of carbonyl (C=O) groups is 1. The molecule has 21 heavy (non-hydrogen) atoms. The lowest BCUT2D eigenvalue weighted by atomic mass is 10.0. The summed E-state index contributed by atoms with van der Waals surface area (Å²) >= 11 is 0. The molecule has 0 aromatic heterocycles. The van der Waals surface area contributed by atoms with Gasteiger partial charge in [0.15, 0.2) is 0 Å². The average molecular weight is 285 g/mol. The molecule has 4 heteroatoms. The van der Waals surface area contributed by atoms with Crippen LogP contribution in [0.5, 0.6) is 0 Å². The summed E-state index contributed by atoms with van der Waals surface area (Å²) in [5, 5.41) is 3.13. The van der Waals surface area contributed by atoms with E-state index in [1.807, 2.05) is 25.1 Å². The summed E-state index contributed by atoms with van der Waals surface area (Å²) in [7, 11) is 2.11. The minimum Gasteiger partial charge on any atom is -0.349 e. The van der Waals surface area contributed by atoms with E-state index in [0.717, 1.165) is 37.1 Å². The number of rotatable bonds is 2. The first-order valence-electron chi connectivity index (χ1n) is 7.39. The first-order chi connectivity index (χ1) is 10.1. The van der Waals surface area contributed by atoms with Crippen LogP contribution in [0, 0.1) is 18.8 Å². The summed E-state index contributed by atoms with van der Waals surface area (Å²) in [6.45, 7) is 4.34. The highest BCUT2D eigenvalue weighted by atomic mass is 16.1. The van der Waals surface area contributed by atoms with Crippen LogP contribution in [0.15, 0.2) is 18.2 Å². The van der Waals surface area contributed by atoms with Gasteiger partial charge in [0.1, 0.15) is 0 Å². The highest BCUT2D eigenvalue weighted by molar-refractivity contribution is 5.97. The van der Waals surface area contributed by atoms with Crippen LogP contribution in [-0.2, 0) is 0 Å². The fourth-order valence-electron chi connectivity index (χ4n) is 2.52. The number of benzene rings is 1. The monoisotopic (exact) mass is 285 g/mol. The molecule has 1 amide bonds. The Kier molecular flexibility index (Phi) is 5.38. The van der Waals surface area contributed by atoms with Crippen molar-refractivity contribution in [1.82, 2.24) is 10.2 Å². The highest BCUT2D eigenvalue weighted by Crippen LogP contribution is 2.13. The Morgan fingerprint density at radius 3 is 2.81 bits per heavy atom. The van der Waals surface area contributed by atoms with Gasteiger partial charge < -0.3 is 16.0 Å². The summed E-state index contributed by atoms with van der Waals surface area (Å²) in [5.41, 5.74) is 7.91. The fraction of sp³-hybridized carbons (Fsp3) is 0.471. The number of likely N-dealkylation sites (tertiary alicyclic amines) is 1. The van der Waals surface area contributed by atoms with Crippen LogP contribution >= 0.6 is 0 Å². The molecule has 1 heterocycles. The third-order valence-corrected chi connectivity index (χ3v) is 3.80. The predicted octanol–water partition coefficient (Wildman–Crippen LogP) is 1.13. The number of nitrogens with two attached hydrogens (primary N) is 1. The Morgan fingerprint density at radius 2 is 2.14 bits per heavy atom. The molecule has 2 rings (SSSR count). The number of hydrogen-bond acceptors (Lipinski definition) is 3. The van der Waals surface area contributed by atoms with E-state index in [1.54, 1.807) is 0 Å². The van der Waals surface area contributed by atoms with Crippen molar-refractivity contribution in [2.45, 2.75) is 25.8 Å². The van der Waals surface area contributed by atoms with Crippen LogP contribution in [-0.4, -0.2) is 43.5 Å². The number of hydrogen-bond donors (Lipinski definition) is 2. The number of nitrogens with one attached hydrogen (secondary N) is 1. The van der Waals surface area contributed by atoms with Gasteiger partial charge in [-0.25, -0.2) is 0 Å². The Morgan fingerprint density at radius 1 is 1.43 bits per heavy atom. The normalized spacial score (nSPS) is 16.1. The van der Waals surface area contributed by atoms with E-state index in [1.165, 1.54) is 0 Å². The van der Waals surface area contributed by atoms with E-state index in [9.17, 15) is 4.79 Å². The quantitative estimate of drug-likeness (QED) is 0.801. The van der Waals surface area contributed by atoms with E-state index in [2.05, 4.69) is 29.1 Å². The van der Waals surface area contributed by atoms with Crippen molar-refractivity contribution in [3.05, 3.63) is 34.9 Å². The molecule has 1 aliphatic heterocycles. The van der Waals surface area contributed by atoms with E-state index < -0.39 is 0 Å². The topological polar surface area (TPSA) is 58.4 Å². The summed E-state index contributed by atoms with van der Waals surface area (Å²) in [6, 6.07) is 5.98. The minimum atomic E-state index is -0.0362. The van der Waals surface area contributed by atoms with Gasteiger partial charge in [0.25, 0.3) is 5.91 Å². The Hall–Kier alpha value is -1.83. The minimum absolute atomic E-state index is 0.0362. The molecule has 4 nitrogen and oxygen atoms in total. The molecule has 112 valence electrons. The van der Waals surface area contributed by atoms with Crippen molar-refractivity contribution in [3.63, 3.8) is 0 Å². The number of nitrogens with zero attached hydrogens (tertiary/aromatic N) is 1. The van der Waals surface area contributed by atoms with Crippen LogP contribution in [0.3, 0.4) is 0 Å². The number of aryl methyl sites for hydroxylation is 1. The molecule has 1 aromatic rings. The smallest absolute Gasteiger partial charge is 0.252 e. The molecule has 0 spiro atoms. The second-order valence-corrected chi connectivity index (χ2v) is 5.61. The maximum Gasteiger partial charge on any atom is 0.252 e. The lowest BCUT2D eigenvalue weighted by Crippen LogP contribution is -2.43. The first kappa shape index (κ1) is 15.6. The van der Waals surface area contributed by atoms with Gasteiger partial charge in [0, 0.05) is 11.6 Å². The van der Waals surface area contributed by atoms with Crippen molar-refractivity contribution < 1.29 is 4.79 Å². The fourth-order valence-corrected chi connectivity index (χ4v) is 2.52. The summed E-state index contributed by atoms with van der Waals surface area (Å²) in [6.07, 6.45) is 2.00. The molecule has 1 saturated heterocycles. The van der Waals surface area contributed by atoms with Gasteiger partial charge in [-0.05, 0) is 57.6 Å². The van der Waals surface area contributed by atoms with Gasteiger partial charge in [-0.1, -0.05) is 17.9 Å². The molecule has 0 radical (unpaired) electrons. The van der Waals surface area contributed by atoms with Crippen LogP contribution < -0.4 is 11.1 Å². The van der Waals surface area contributed by atoms with Crippen molar-refractivity contribution in [3.8, 4) is 11.8 Å². The largest absolute Gasteiger partial charge is 0.349 e. The lowest BCUT2D eigenvalue weighted by Gasteiger charge is -2.29. The van der Waals surface area contributed by atoms with Gasteiger partial charge in [-0.2, -0.15) is 0 Å². The van der Waals surface area contributed by atoms with Gasteiger partial charge >= 0.3 is 0 Å². The SMILES string of the molecule is Cc1ccc(C(=O)NC2CCN(C)CC2)c(C#CCN)c1. The molecule has 0 saturated carbocycles.